The van der Waals surface area contributed by atoms with E-state index in [0.717, 1.165) is 0 Å². The zero-order valence-electron chi connectivity index (χ0n) is 28.6. The largest absolute Gasteiger partial charge is 0.465 e. The van der Waals surface area contributed by atoms with Gasteiger partial charge in [-0.15, -0.1) is 5.10 Å². The number of esters is 1. The van der Waals surface area contributed by atoms with E-state index < -0.39 is 30.1 Å². The first-order valence-corrected chi connectivity index (χ1v) is 17.0. The molecule has 1 aromatic heterocycles. The number of carbonyl (C=O) groups is 3. The number of carbonyl (C=O) groups excluding carboxylic acids is 2. The van der Waals surface area contributed by atoms with Crippen molar-refractivity contribution in [3.05, 3.63) is 41.2 Å². The number of aromatic nitrogens is 3. The Balaban J connectivity index is 1.45. The number of piperidine rings is 1. The van der Waals surface area contributed by atoms with Gasteiger partial charge in [0.15, 0.2) is 5.82 Å². The summed E-state index contributed by atoms with van der Waals surface area (Å²) in [5.41, 5.74) is 1.98. The second-order valence-corrected chi connectivity index (χ2v) is 14.0. The van der Waals surface area contributed by atoms with Crippen LogP contribution in [0.15, 0.2) is 29.9 Å². The molecule has 2 aromatic rings. The summed E-state index contributed by atoms with van der Waals surface area (Å²) in [4.78, 5) is 42.5. The number of likely N-dealkylation sites (tertiary alicyclic amines) is 1. The van der Waals surface area contributed by atoms with Crippen LogP contribution in [0.2, 0.25) is 0 Å². The van der Waals surface area contributed by atoms with Crippen LogP contribution >= 0.6 is 0 Å². The number of carboxylic acid groups (broad SMARTS) is 1. The van der Waals surface area contributed by atoms with Gasteiger partial charge < -0.3 is 29.6 Å². The number of ether oxygens (including phenoxy) is 1. The van der Waals surface area contributed by atoms with E-state index >= 15 is 4.39 Å². The van der Waals surface area contributed by atoms with Gasteiger partial charge in [-0.3, -0.25) is 9.59 Å². The van der Waals surface area contributed by atoms with E-state index in [1.165, 1.54) is 11.0 Å². The van der Waals surface area contributed by atoms with Crippen molar-refractivity contribution >= 4 is 35.1 Å². The Labute approximate surface area is 281 Å². The van der Waals surface area contributed by atoms with Gasteiger partial charge in [-0.25, -0.2) is 13.9 Å². The molecule has 2 saturated heterocycles. The van der Waals surface area contributed by atoms with E-state index in [-0.39, 0.29) is 47.7 Å². The van der Waals surface area contributed by atoms with Crippen LogP contribution in [-0.2, 0) is 14.3 Å². The first kappa shape index (κ1) is 35.5. The van der Waals surface area contributed by atoms with Crippen LogP contribution in [0.3, 0.4) is 0 Å². The molecular weight excluding hydrogens is 619 g/mol. The number of piperazine rings is 1. The van der Waals surface area contributed by atoms with Gasteiger partial charge in [0.05, 0.1) is 30.1 Å². The number of halogens is 1. The molecule has 12 nitrogen and oxygen atoms in total. The second-order valence-electron chi connectivity index (χ2n) is 14.0. The van der Waals surface area contributed by atoms with Crippen molar-refractivity contribution in [2.45, 2.75) is 84.1 Å². The third-order valence-electron chi connectivity index (χ3n) is 10.4. The average molecular weight is 669 g/mol. The quantitative estimate of drug-likeness (QED) is 0.359. The zero-order chi connectivity index (χ0) is 34.7. The van der Waals surface area contributed by atoms with Gasteiger partial charge in [-0.1, -0.05) is 37.3 Å². The third kappa shape index (κ3) is 8.06. The van der Waals surface area contributed by atoms with Gasteiger partial charge in [-0.2, -0.15) is 0 Å². The molecule has 48 heavy (non-hydrogen) atoms. The van der Waals surface area contributed by atoms with Gasteiger partial charge in [-0.05, 0) is 68.8 Å². The summed E-state index contributed by atoms with van der Waals surface area (Å²) in [6.07, 6.45) is 5.55. The predicted octanol–water partition coefficient (Wildman–Crippen LogP) is 4.35. The molecule has 262 valence electrons. The van der Waals surface area contributed by atoms with Gasteiger partial charge >= 0.3 is 12.1 Å². The lowest BCUT2D eigenvalue weighted by atomic mass is 9.80. The van der Waals surface area contributed by atoms with E-state index in [2.05, 4.69) is 28.2 Å². The highest BCUT2D eigenvalue weighted by molar-refractivity contribution is 5.79. The maximum Gasteiger partial charge on any atom is 0.407 e. The molecule has 0 saturated carbocycles. The van der Waals surface area contributed by atoms with Gasteiger partial charge in [0, 0.05) is 51.5 Å². The molecule has 0 radical (unpaired) electrons. The van der Waals surface area contributed by atoms with E-state index in [4.69, 9.17) is 4.74 Å². The summed E-state index contributed by atoms with van der Waals surface area (Å²) in [6.45, 7) is 10.3. The monoisotopic (exact) mass is 668 g/mol. The minimum atomic E-state index is -0.944. The number of likely N-dealkylation sites (N-methyl/N-ethyl adjacent to an activating group) is 1. The fourth-order valence-electron chi connectivity index (χ4n) is 7.51. The second kappa shape index (κ2) is 15.1. The molecule has 3 aliphatic rings. The first-order valence-electron chi connectivity index (χ1n) is 17.0. The molecule has 2 fully saturated rings. The van der Waals surface area contributed by atoms with E-state index in [1.807, 2.05) is 33.0 Å². The standard InChI is InChI=1S/C35H49FN6O6/c1-21-6-8-27(44)19-32(45)48-34(22(2)7-9-28(21)31-20-39(5)14-15-41(31)35(46)47)23(3)16-25-17-29(36)33-30(18-25)42(38-37-33)26-10-12-40(13-11-26)24(4)43/h7,9,16-18,21-22,26-28,31,34,44H,6,8,10-15,19-20H2,1-5H3,(H,46,47)/b9-7+,23-16+/t21-,22-,27+,28-,31?,34-/m0/s1. The Morgan fingerprint density at radius 3 is 2.46 bits per heavy atom. The van der Waals surface area contributed by atoms with Crippen molar-refractivity contribution in [2.75, 3.05) is 39.8 Å². The molecule has 1 aromatic carbocycles. The van der Waals surface area contributed by atoms with Crippen LogP contribution in [0.4, 0.5) is 9.18 Å². The third-order valence-corrected chi connectivity index (χ3v) is 10.4. The lowest BCUT2D eigenvalue weighted by molar-refractivity contribution is -0.151. The molecule has 0 bridgehead atoms. The summed E-state index contributed by atoms with van der Waals surface area (Å²) in [5.74, 6) is -1.37. The summed E-state index contributed by atoms with van der Waals surface area (Å²) >= 11 is 0. The van der Waals surface area contributed by atoms with E-state index in [9.17, 15) is 24.6 Å². The number of hydrogen-bond donors (Lipinski definition) is 2. The molecule has 1 unspecified atom stereocenters. The molecule has 5 rings (SSSR count). The minimum absolute atomic E-state index is 0.0227. The topological polar surface area (TPSA) is 141 Å². The molecule has 2 amide bonds. The number of aliphatic hydroxyl groups excluding tert-OH is 1. The van der Waals surface area contributed by atoms with Crippen LogP contribution in [0.1, 0.15) is 71.4 Å². The fraction of sp³-hybridized carbons (Fsp3) is 0.629. The maximum atomic E-state index is 15.4. The molecule has 13 heteroatoms. The number of nitrogens with zero attached hydrogens (tertiary/aromatic N) is 6. The number of fused-ring (bicyclic) bond motifs is 1. The fourth-order valence-corrected chi connectivity index (χ4v) is 7.51. The normalized spacial score (nSPS) is 29.6. The number of cyclic esters (lactones) is 1. The minimum Gasteiger partial charge on any atom is -0.465 e. The Kier molecular flexibility index (Phi) is 11.2. The Morgan fingerprint density at radius 2 is 1.77 bits per heavy atom. The zero-order valence-corrected chi connectivity index (χ0v) is 28.6. The van der Waals surface area contributed by atoms with Crippen LogP contribution in [0, 0.1) is 23.6 Å². The average Bonchev–Trinajstić information content (AvgIpc) is 3.46. The molecule has 0 aliphatic carbocycles. The summed E-state index contributed by atoms with van der Waals surface area (Å²) in [5, 5.41) is 29.2. The summed E-state index contributed by atoms with van der Waals surface area (Å²) in [7, 11) is 1.99. The van der Waals surface area contributed by atoms with Crippen LogP contribution in [-0.4, -0.2) is 116 Å². The number of hydrogen-bond acceptors (Lipinski definition) is 8. The highest BCUT2D eigenvalue weighted by Crippen LogP contribution is 2.32. The molecule has 6 atom stereocenters. The Bertz CT molecular complexity index is 1550. The smallest absolute Gasteiger partial charge is 0.407 e. The van der Waals surface area contributed by atoms with Crippen LogP contribution < -0.4 is 0 Å². The number of aliphatic hydroxyl groups is 1. The van der Waals surface area contributed by atoms with Crippen molar-refractivity contribution in [3.8, 4) is 0 Å². The predicted molar refractivity (Wildman–Crippen MR) is 178 cm³/mol. The van der Waals surface area contributed by atoms with Crippen molar-refractivity contribution < 1.29 is 33.7 Å². The number of rotatable bonds is 4. The van der Waals surface area contributed by atoms with Gasteiger partial charge in [0.1, 0.15) is 11.6 Å². The highest BCUT2D eigenvalue weighted by Gasteiger charge is 2.37. The van der Waals surface area contributed by atoms with Crippen molar-refractivity contribution in [3.63, 3.8) is 0 Å². The maximum absolute atomic E-state index is 15.4. The van der Waals surface area contributed by atoms with Crippen LogP contribution in [0.5, 0.6) is 0 Å². The van der Waals surface area contributed by atoms with Crippen molar-refractivity contribution in [1.29, 1.82) is 0 Å². The van der Waals surface area contributed by atoms with Gasteiger partial charge in [0.2, 0.25) is 5.91 Å². The first-order chi connectivity index (χ1) is 22.8. The van der Waals surface area contributed by atoms with Crippen LogP contribution in [0.25, 0.3) is 17.1 Å². The lowest BCUT2D eigenvalue weighted by Crippen LogP contribution is -2.57. The molecule has 2 N–H and O–H groups in total. The van der Waals surface area contributed by atoms with Gasteiger partial charge in [0.25, 0.3) is 0 Å². The molecule has 4 heterocycles. The molecule has 0 spiro atoms. The highest BCUT2D eigenvalue weighted by atomic mass is 19.1. The number of amides is 2. The van der Waals surface area contributed by atoms with E-state index in [0.29, 0.717) is 75.1 Å². The Morgan fingerprint density at radius 1 is 1.04 bits per heavy atom. The Hall–Kier alpha value is -3.84. The van der Waals surface area contributed by atoms with Crippen molar-refractivity contribution in [2.24, 2.45) is 17.8 Å². The van der Waals surface area contributed by atoms with Crippen molar-refractivity contribution in [1.82, 2.24) is 29.7 Å². The van der Waals surface area contributed by atoms with E-state index in [1.54, 1.807) is 22.6 Å². The molecular formula is C35H49FN6O6. The summed E-state index contributed by atoms with van der Waals surface area (Å²) in [6, 6.07) is 2.94. The lowest BCUT2D eigenvalue weighted by Gasteiger charge is -2.43. The summed E-state index contributed by atoms with van der Waals surface area (Å²) < 4.78 is 23.1. The number of benzene rings is 1. The molecule has 3 aliphatic heterocycles. The SMILES string of the molecule is CC(=O)N1CCC(n2nnc3c(F)cc(/C=C(\C)[C@H]4OC(=O)C[C@H](O)CC[C@H](C)[C@@H](C5CN(C)CCN5C(=O)O)/C=C/[C@@H]4C)cc32)CC1.